The number of rotatable bonds is 8. The number of anilines is 1. The zero-order chi connectivity index (χ0) is 21.2. The summed E-state index contributed by atoms with van der Waals surface area (Å²) in [5, 5.41) is 5.36. The Morgan fingerprint density at radius 2 is 1.33 bits per heavy atom. The first kappa shape index (κ1) is 20.8. The molecule has 0 spiro atoms. The van der Waals surface area contributed by atoms with Crippen molar-refractivity contribution in [2.45, 2.75) is 12.5 Å². The third-order valence-electron chi connectivity index (χ3n) is 4.31. The molecule has 0 radical (unpaired) electrons. The molecule has 1 atom stereocenters. The van der Waals surface area contributed by atoms with Gasteiger partial charge in [-0.1, -0.05) is 66.7 Å². The molecule has 152 valence electrons. The lowest BCUT2D eigenvalue weighted by Crippen LogP contribution is -2.44. The van der Waals surface area contributed by atoms with E-state index in [1.54, 1.807) is 54.6 Å². The molecular weight excluding hydrogens is 380 g/mol. The lowest BCUT2D eigenvalue weighted by atomic mass is 10.1. The van der Waals surface area contributed by atoms with E-state index in [1.807, 2.05) is 36.4 Å². The Balaban J connectivity index is 1.63. The van der Waals surface area contributed by atoms with Gasteiger partial charge in [-0.2, -0.15) is 0 Å². The zero-order valence-electron chi connectivity index (χ0n) is 16.3. The van der Waals surface area contributed by atoms with E-state index >= 15 is 0 Å². The molecule has 2 N–H and O–H groups in total. The van der Waals surface area contributed by atoms with Crippen LogP contribution in [0.25, 0.3) is 0 Å². The van der Waals surface area contributed by atoms with Crippen molar-refractivity contribution in [3.63, 3.8) is 0 Å². The third kappa shape index (κ3) is 6.31. The van der Waals surface area contributed by atoms with Crippen molar-refractivity contribution in [1.82, 2.24) is 5.32 Å². The molecule has 3 rings (SSSR count). The summed E-state index contributed by atoms with van der Waals surface area (Å²) in [6.07, 6.45) is 0.249. The van der Waals surface area contributed by atoms with Crippen LogP contribution in [0.2, 0.25) is 0 Å². The van der Waals surface area contributed by atoms with Crippen LogP contribution in [0.5, 0.6) is 0 Å². The van der Waals surface area contributed by atoms with Crippen molar-refractivity contribution < 1.29 is 19.1 Å². The van der Waals surface area contributed by atoms with Crippen molar-refractivity contribution in [2.75, 3.05) is 11.9 Å². The Morgan fingerprint density at radius 1 is 0.767 bits per heavy atom. The normalized spacial score (nSPS) is 11.2. The van der Waals surface area contributed by atoms with Crippen LogP contribution in [0.15, 0.2) is 91.0 Å². The SMILES string of the molecule is O=C(COC(=O)C(Cc1ccccc1)NC(=O)c1ccccc1)Nc1ccccc1. The predicted octanol–water partition coefficient (Wildman–Crippen LogP) is 3.21. The molecule has 0 saturated heterocycles. The minimum absolute atomic E-state index is 0.249. The van der Waals surface area contributed by atoms with Crippen molar-refractivity contribution >= 4 is 23.5 Å². The summed E-state index contributed by atoms with van der Waals surface area (Å²) in [7, 11) is 0. The first-order valence-electron chi connectivity index (χ1n) is 9.53. The van der Waals surface area contributed by atoms with E-state index in [2.05, 4.69) is 10.6 Å². The highest BCUT2D eigenvalue weighted by Crippen LogP contribution is 2.08. The molecule has 0 aliphatic carbocycles. The maximum atomic E-state index is 12.7. The average molecular weight is 402 g/mol. The Bertz CT molecular complexity index is 976. The summed E-state index contributed by atoms with van der Waals surface area (Å²) >= 11 is 0. The Hall–Kier alpha value is -3.93. The molecule has 6 heteroatoms. The van der Waals surface area contributed by atoms with Gasteiger partial charge in [0, 0.05) is 17.7 Å². The first-order valence-corrected chi connectivity index (χ1v) is 9.53. The number of ether oxygens (including phenoxy) is 1. The van der Waals surface area contributed by atoms with E-state index < -0.39 is 24.5 Å². The number of amides is 2. The van der Waals surface area contributed by atoms with Crippen LogP contribution < -0.4 is 10.6 Å². The number of hydrogen-bond acceptors (Lipinski definition) is 4. The van der Waals surface area contributed by atoms with E-state index in [1.165, 1.54) is 0 Å². The fourth-order valence-electron chi connectivity index (χ4n) is 2.83. The summed E-state index contributed by atoms with van der Waals surface area (Å²) < 4.78 is 5.18. The van der Waals surface area contributed by atoms with Gasteiger partial charge in [-0.05, 0) is 29.8 Å². The summed E-state index contributed by atoms with van der Waals surface area (Å²) in [5.41, 5.74) is 1.91. The maximum absolute atomic E-state index is 12.7. The molecule has 0 aromatic heterocycles. The molecule has 30 heavy (non-hydrogen) atoms. The molecule has 0 heterocycles. The topological polar surface area (TPSA) is 84.5 Å². The summed E-state index contributed by atoms with van der Waals surface area (Å²) in [5.74, 6) is -1.52. The van der Waals surface area contributed by atoms with Crippen molar-refractivity contribution in [3.8, 4) is 0 Å². The number of carbonyl (C=O) groups is 3. The van der Waals surface area contributed by atoms with Gasteiger partial charge in [0.1, 0.15) is 6.04 Å². The Morgan fingerprint density at radius 3 is 1.97 bits per heavy atom. The second-order valence-corrected chi connectivity index (χ2v) is 6.60. The van der Waals surface area contributed by atoms with Gasteiger partial charge in [-0.25, -0.2) is 4.79 Å². The lowest BCUT2D eigenvalue weighted by Gasteiger charge is -2.18. The Labute approximate surface area is 174 Å². The molecule has 0 fully saturated rings. The second-order valence-electron chi connectivity index (χ2n) is 6.60. The average Bonchev–Trinajstić information content (AvgIpc) is 2.79. The molecular formula is C24H22N2O4. The molecule has 1 unspecified atom stereocenters. The molecule has 3 aromatic carbocycles. The summed E-state index contributed by atoms with van der Waals surface area (Å²) in [4.78, 5) is 37.3. The van der Waals surface area contributed by atoms with E-state index in [-0.39, 0.29) is 12.3 Å². The van der Waals surface area contributed by atoms with E-state index in [0.717, 1.165) is 5.56 Å². The number of hydrogen-bond donors (Lipinski definition) is 2. The lowest BCUT2D eigenvalue weighted by molar-refractivity contribution is -0.149. The highest BCUT2D eigenvalue weighted by atomic mass is 16.5. The number of carbonyl (C=O) groups excluding carboxylic acids is 3. The monoisotopic (exact) mass is 402 g/mol. The molecule has 6 nitrogen and oxygen atoms in total. The van der Waals surface area contributed by atoms with Gasteiger partial charge in [0.05, 0.1) is 0 Å². The van der Waals surface area contributed by atoms with Crippen molar-refractivity contribution in [3.05, 3.63) is 102 Å². The fraction of sp³-hybridized carbons (Fsp3) is 0.125. The van der Waals surface area contributed by atoms with Gasteiger partial charge in [-0.3, -0.25) is 9.59 Å². The predicted molar refractivity (Wildman–Crippen MR) is 114 cm³/mol. The van der Waals surface area contributed by atoms with Gasteiger partial charge in [-0.15, -0.1) is 0 Å². The molecule has 0 saturated carbocycles. The van der Waals surface area contributed by atoms with Gasteiger partial charge in [0.25, 0.3) is 11.8 Å². The zero-order valence-corrected chi connectivity index (χ0v) is 16.3. The van der Waals surface area contributed by atoms with Crippen LogP contribution in [-0.4, -0.2) is 30.4 Å². The van der Waals surface area contributed by atoms with Crippen LogP contribution in [0.1, 0.15) is 15.9 Å². The van der Waals surface area contributed by atoms with Crippen LogP contribution in [0.3, 0.4) is 0 Å². The summed E-state index contributed by atoms with van der Waals surface area (Å²) in [6.45, 7) is -0.444. The minimum atomic E-state index is -0.926. The van der Waals surface area contributed by atoms with Crippen LogP contribution in [-0.2, 0) is 20.7 Å². The van der Waals surface area contributed by atoms with E-state index in [0.29, 0.717) is 11.3 Å². The van der Waals surface area contributed by atoms with Gasteiger partial charge in [0.15, 0.2) is 6.61 Å². The smallest absolute Gasteiger partial charge is 0.329 e. The molecule has 3 aromatic rings. The quantitative estimate of drug-likeness (QED) is 0.567. The van der Waals surface area contributed by atoms with E-state index in [9.17, 15) is 14.4 Å². The molecule has 2 amide bonds. The number of nitrogens with one attached hydrogen (secondary N) is 2. The first-order chi connectivity index (χ1) is 14.6. The van der Waals surface area contributed by atoms with E-state index in [4.69, 9.17) is 4.74 Å². The second kappa shape index (κ2) is 10.6. The number of benzene rings is 3. The highest BCUT2D eigenvalue weighted by molar-refractivity contribution is 5.97. The number of esters is 1. The molecule has 0 aliphatic rings. The van der Waals surface area contributed by atoms with Crippen LogP contribution in [0.4, 0.5) is 5.69 Å². The van der Waals surface area contributed by atoms with Gasteiger partial charge in [0.2, 0.25) is 0 Å². The largest absolute Gasteiger partial charge is 0.454 e. The number of para-hydroxylation sites is 1. The molecule has 0 bridgehead atoms. The van der Waals surface area contributed by atoms with Crippen molar-refractivity contribution in [2.24, 2.45) is 0 Å². The maximum Gasteiger partial charge on any atom is 0.329 e. The van der Waals surface area contributed by atoms with Gasteiger partial charge < -0.3 is 15.4 Å². The van der Waals surface area contributed by atoms with Gasteiger partial charge >= 0.3 is 5.97 Å². The summed E-state index contributed by atoms with van der Waals surface area (Å²) in [6, 6.07) is 25.8. The highest BCUT2D eigenvalue weighted by Gasteiger charge is 2.24. The standard InChI is InChI=1S/C24H22N2O4/c27-22(25-20-14-8-3-9-15-20)17-30-24(29)21(16-18-10-4-1-5-11-18)26-23(28)19-12-6-2-7-13-19/h1-15,21H,16-17H2,(H,25,27)(H,26,28). The fourth-order valence-corrected chi connectivity index (χ4v) is 2.83. The van der Waals surface area contributed by atoms with Crippen LogP contribution in [0, 0.1) is 0 Å². The third-order valence-corrected chi connectivity index (χ3v) is 4.31. The molecule has 0 aliphatic heterocycles. The van der Waals surface area contributed by atoms with Crippen LogP contribution >= 0.6 is 0 Å². The van der Waals surface area contributed by atoms with Crippen molar-refractivity contribution in [1.29, 1.82) is 0 Å². The minimum Gasteiger partial charge on any atom is -0.454 e. The Kier molecular flexibility index (Phi) is 7.33.